The fourth-order valence-electron chi connectivity index (χ4n) is 2.16. The van der Waals surface area contributed by atoms with E-state index in [2.05, 4.69) is 15.3 Å². The van der Waals surface area contributed by atoms with Gasteiger partial charge in [0.2, 0.25) is 0 Å². The van der Waals surface area contributed by atoms with Crippen LogP contribution in [0, 0.1) is 0 Å². The first-order chi connectivity index (χ1) is 12.0. The highest BCUT2D eigenvalue weighted by molar-refractivity contribution is 5.83. The maximum absolute atomic E-state index is 11.7. The van der Waals surface area contributed by atoms with Gasteiger partial charge >= 0.3 is 12.2 Å². The van der Waals surface area contributed by atoms with Gasteiger partial charge < -0.3 is 19.6 Å². The van der Waals surface area contributed by atoms with Crippen molar-refractivity contribution in [2.75, 3.05) is 36.5 Å². The number of carbonyl (C=O) groups is 2. The summed E-state index contributed by atoms with van der Waals surface area (Å²) in [5.41, 5.74) is -0.308. The predicted molar refractivity (Wildman–Crippen MR) is 88.6 cm³/mol. The molecule has 0 aliphatic carbocycles. The zero-order valence-corrected chi connectivity index (χ0v) is 14.1. The average molecular weight is 351 g/mol. The first-order valence-corrected chi connectivity index (χ1v) is 7.93. The van der Waals surface area contributed by atoms with E-state index < -0.39 is 12.2 Å². The highest BCUT2D eigenvalue weighted by Gasteiger charge is 2.16. The van der Waals surface area contributed by atoms with Crippen molar-refractivity contribution in [3.8, 4) is 0 Å². The summed E-state index contributed by atoms with van der Waals surface area (Å²) in [7, 11) is 0. The number of ether oxygens (including phenoxy) is 2. The second kappa shape index (κ2) is 8.71. The third-order valence-corrected chi connectivity index (χ3v) is 3.24. The molecule has 10 nitrogen and oxygen atoms in total. The van der Waals surface area contributed by atoms with Gasteiger partial charge in [-0.2, -0.15) is 4.98 Å². The molecule has 0 aromatic carbocycles. The van der Waals surface area contributed by atoms with Crippen LogP contribution in [0.1, 0.15) is 20.3 Å². The smallest absolute Gasteiger partial charge is 0.437 e. The van der Waals surface area contributed by atoms with Crippen LogP contribution in [0.2, 0.25) is 0 Å². The van der Waals surface area contributed by atoms with Crippen LogP contribution in [0.15, 0.2) is 23.2 Å². The number of carbonyl (C=O) groups excluding carboxylic acids is 2. The number of hydrogen-bond donors (Lipinski definition) is 2. The molecule has 10 heteroatoms. The van der Waals surface area contributed by atoms with Gasteiger partial charge in [-0.3, -0.25) is 5.32 Å². The molecule has 1 aromatic heterocycles. The third-order valence-electron chi connectivity index (χ3n) is 3.24. The molecule has 2 amide bonds. The van der Waals surface area contributed by atoms with Gasteiger partial charge in [-0.15, -0.1) is 9.72 Å². The maximum Gasteiger partial charge on any atom is 0.437 e. The third kappa shape index (κ3) is 4.96. The topological polar surface area (TPSA) is 118 Å². The second-order valence-corrected chi connectivity index (χ2v) is 4.97. The van der Waals surface area contributed by atoms with Crippen LogP contribution in [0.5, 0.6) is 0 Å². The Morgan fingerprint density at radius 3 is 2.72 bits per heavy atom. The van der Waals surface area contributed by atoms with Crippen LogP contribution >= 0.6 is 0 Å². The molecule has 0 saturated carbocycles. The molecule has 1 aromatic rings. The molecule has 2 N–H and O–H groups in total. The van der Waals surface area contributed by atoms with Crippen molar-refractivity contribution >= 4 is 23.8 Å². The molecule has 0 atom stereocenters. The summed E-state index contributed by atoms with van der Waals surface area (Å²) in [6.45, 7) is 4.92. The van der Waals surface area contributed by atoms with E-state index >= 15 is 0 Å². The Kier molecular flexibility index (Phi) is 6.38. The number of aromatic nitrogens is 2. The Hall–Kier alpha value is -3.04. The number of amides is 2. The lowest BCUT2D eigenvalue weighted by molar-refractivity contribution is 0.151. The molecule has 2 rings (SSSR count). The van der Waals surface area contributed by atoms with E-state index in [1.165, 1.54) is 6.07 Å². The zero-order chi connectivity index (χ0) is 18.2. The van der Waals surface area contributed by atoms with Crippen LogP contribution in [-0.2, 0) is 9.47 Å². The fourth-order valence-corrected chi connectivity index (χ4v) is 2.16. The molecular formula is C15H21N5O5. The lowest BCUT2D eigenvalue weighted by Crippen LogP contribution is -2.34. The summed E-state index contributed by atoms with van der Waals surface area (Å²) in [4.78, 5) is 33.0. The number of nitrogens with one attached hydrogen (secondary N) is 1. The fraction of sp³-hybridized carbons (Fsp3) is 0.467. The molecule has 0 unspecified atom stereocenters. The van der Waals surface area contributed by atoms with Gasteiger partial charge in [-0.25, -0.2) is 9.59 Å². The number of nitrogens with zero attached hydrogens (tertiary/aromatic N) is 4. The summed E-state index contributed by atoms with van der Waals surface area (Å²) >= 11 is 0. The van der Waals surface area contributed by atoms with Gasteiger partial charge in [0.25, 0.3) is 5.62 Å². The quantitative estimate of drug-likeness (QED) is 0.623. The molecule has 0 spiro atoms. The van der Waals surface area contributed by atoms with Gasteiger partial charge in [-0.05, 0) is 20.3 Å². The Labute approximate surface area is 144 Å². The molecule has 2 heterocycles. The first-order valence-electron chi connectivity index (χ1n) is 7.93. The highest BCUT2D eigenvalue weighted by atomic mass is 16.6. The van der Waals surface area contributed by atoms with Gasteiger partial charge in [0.15, 0.2) is 5.82 Å². The first kappa shape index (κ1) is 18.3. The van der Waals surface area contributed by atoms with Crippen LogP contribution in [0.25, 0.3) is 0 Å². The molecule has 0 saturated heterocycles. The van der Waals surface area contributed by atoms with Crippen molar-refractivity contribution in [1.29, 1.82) is 0 Å². The summed E-state index contributed by atoms with van der Waals surface area (Å²) in [6.07, 6.45) is 3.22. The molecule has 0 bridgehead atoms. The normalized spacial score (nSPS) is 14.3. The lowest BCUT2D eigenvalue weighted by atomic mass is 10.2. The Morgan fingerprint density at radius 2 is 2.08 bits per heavy atom. The predicted octanol–water partition coefficient (Wildman–Crippen LogP) is 1.51. The lowest BCUT2D eigenvalue weighted by Gasteiger charge is -2.25. The van der Waals surface area contributed by atoms with E-state index in [1.54, 1.807) is 13.8 Å². The van der Waals surface area contributed by atoms with Crippen molar-refractivity contribution in [3.63, 3.8) is 0 Å². The average Bonchev–Trinajstić information content (AvgIpc) is 2.59. The molecule has 136 valence electrons. The largest absolute Gasteiger partial charge is 0.450 e. The standard InChI is InChI=1S/C15H21N5O5/c1-3-24-14(21)17-12-10-11(19-8-6-5-7-9-19)16-13(20(12)23)18-15(22)25-4-2/h5-6,10,23H,3-4,7-9H2,1-2H3,(H,17,21). The minimum atomic E-state index is -0.893. The van der Waals surface area contributed by atoms with E-state index in [0.717, 1.165) is 6.42 Å². The number of anilines is 2. The second-order valence-electron chi connectivity index (χ2n) is 4.97. The van der Waals surface area contributed by atoms with Gasteiger partial charge in [0, 0.05) is 19.2 Å². The molecular weight excluding hydrogens is 330 g/mol. The molecule has 0 fully saturated rings. The monoisotopic (exact) mass is 351 g/mol. The summed E-state index contributed by atoms with van der Waals surface area (Å²) in [5, 5.41) is 12.6. The van der Waals surface area contributed by atoms with Crippen LogP contribution in [-0.4, -0.2) is 53.4 Å². The van der Waals surface area contributed by atoms with E-state index in [9.17, 15) is 14.8 Å². The molecule has 25 heavy (non-hydrogen) atoms. The number of rotatable bonds is 4. The Bertz CT molecular complexity index is 728. The minimum Gasteiger partial charge on any atom is -0.450 e. The van der Waals surface area contributed by atoms with Crippen molar-refractivity contribution in [1.82, 2.24) is 9.71 Å². The van der Waals surface area contributed by atoms with E-state index in [-0.39, 0.29) is 24.6 Å². The van der Waals surface area contributed by atoms with E-state index in [1.807, 2.05) is 17.1 Å². The maximum atomic E-state index is 11.7. The highest BCUT2D eigenvalue weighted by Crippen LogP contribution is 2.16. The van der Waals surface area contributed by atoms with Crippen LogP contribution in [0.3, 0.4) is 0 Å². The van der Waals surface area contributed by atoms with Gasteiger partial charge in [-0.1, -0.05) is 12.2 Å². The Balaban J connectivity index is 2.44. The zero-order valence-electron chi connectivity index (χ0n) is 14.1. The minimum absolute atomic E-state index is 0.0268. The molecule has 0 radical (unpaired) electrons. The van der Waals surface area contributed by atoms with E-state index in [4.69, 9.17) is 9.47 Å². The van der Waals surface area contributed by atoms with Crippen molar-refractivity contribution in [2.45, 2.75) is 20.3 Å². The summed E-state index contributed by atoms with van der Waals surface area (Å²) in [6, 6.07) is 1.47. The SMILES string of the molecule is CCOC(=O)N=c1nc(N2CC=CCC2)cc(NC(=O)OCC)n1O. The van der Waals surface area contributed by atoms with Gasteiger partial charge in [0.05, 0.1) is 13.2 Å². The van der Waals surface area contributed by atoms with Crippen molar-refractivity contribution in [3.05, 3.63) is 23.8 Å². The van der Waals surface area contributed by atoms with Gasteiger partial charge in [0.1, 0.15) is 5.82 Å². The Morgan fingerprint density at radius 1 is 1.32 bits per heavy atom. The van der Waals surface area contributed by atoms with Crippen molar-refractivity contribution < 1.29 is 24.3 Å². The van der Waals surface area contributed by atoms with E-state index in [0.29, 0.717) is 23.6 Å². The van der Waals surface area contributed by atoms with Crippen LogP contribution in [0.4, 0.5) is 21.2 Å². The van der Waals surface area contributed by atoms with Crippen LogP contribution < -0.4 is 15.8 Å². The molecule has 1 aliphatic rings. The summed E-state index contributed by atoms with van der Waals surface area (Å²) in [5.74, 6) is 0.422. The molecule has 1 aliphatic heterocycles. The summed E-state index contributed by atoms with van der Waals surface area (Å²) < 4.78 is 10.0. The number of hydrogen-bond acceptors (Lipinski definition) is 7. The van der Waals surface area contributed by atoms with Crippen molar-refractivity contribution in [2.24, 2.45) is 4.99 Å².